The lowest BCUT2D eigenvalue weighted by Gasteiger charge is -2.33. The Balaban J connectivity index is 1.46. The Kier molecular flexibility index (Phi) is 7.41. The number of Topliss-reactive ketones (excluding diaryl/α,β-unsaturated/α-hetero) is 1. The maximum Gasteiger partial charge on any atom is 0.225 e. The van der Waals surface area contributed by atoms with Gasteiger partial charge in [-0.25, -0.2) is 15.0 Å². The molecule has 1 unspecified atom stereocenters. The predicted octanol–water partition coefficient (Wildman–Crippen LogP) is 3.87. The summed E-state index contributed by atoms with van der Waals surface area (Å²) in [5.74, 6) is 1.26. The maximum atomic E-state index is 12.8. The Morgan fingerprint density at radius 3 is 2.60 bits per heavy atom. The summed E-state index contributed by atoms with van der Waals surface area (Å²) < 4.78 is 0. The van der Waals surface area contributed by atoms with Crippen LogP contribution in [0, 0.1) is 25.7 Å². The molecule has 2 aromatic rings. The third kappa shape index (κ3) is 5.55. The summed E-state index contributed by atoms with van der Waals surface area (Å²) in [7, 11) is 0. The summed E-state index contributed by atoms with van der Waals surface area (Å²) in [6.45, 7) is 6.91. The van der Waals surface area contributed by atoms with Crippen LogP contribution in [-0.4, -0.2) is 44.6 Å². The van der Waals surface area contributed by atoms with Crippen LogP contribution >= 0.6 is 22.9 Å². The van der Waals surface area contributed by atoms with Crippen LogP contribution < -0.4 is 5.73 Å². The van der Waals surface area contributed by atoms with Gasteiger partial charge in [-0.3, -0.25) is 9.59 Å². The lowest BCUT2D eigenvalue weighted by Crippen LogP contribution is -2.41. The van der Waals surface area contributed by atoms with E-state index in [1.807, 2.05) is 18.7 Å². The van der Waals surface area contributed by atoms with Crippen LogP contribution in [0.3, 0.4) is 0 Å². The number of likely N-dealkylation sites (tertiary alicyclic amines) is 1. The molecule has 0 radical (unpaired) electrons. The van der Waals surface area contributed by atoms with Crippen LogP contribution in [0.15, 0.2) is 6.20 Å². The largest absolute Gasteiger partial charge is 0.383 e. The molecule has 9 heteroatoms. The van der Waals surface area contributed by atoms with Gasteiger partial charge in [-0.15, -0.1) is 11.3 Å². The first-order valence-electron chi connectivity index (χ1n) is 10.3. The number of ketones is 1. The molecule has 2 N–H and O–H groups in total. The number of nitrogen functional groups attached to an aromatic ring is 1. The summed E-state index contributed by atoms with van der Waals surface area (Å²) in [6.07, 6.45) is 5.38. The second kappa shape index (κ2) is 9.83. The van der Waals surface area contributed by atoms with Gasteiger partial charge in [0.15, 0.2) is 5.78 Å². The molecule has 0 saturated carbocycles. The van der Waals surface area contributed by atoms with Crippen LogP contribution in [0.4, 0.5) is 5.82 Å². The number of piperidine rings is 1. The van der Waals surface area contributed by atoms with Crippen molar-refractivity contribution in [1.82, 2.24) is 19.9 Å². The molecule has 2 aromatic heterocycles. The minimum atomic E-state index is -0.320. The average Bonchev–Trinajstić information content (AvgIpc) is 3.13. The first kappa shape index (κ1) is 22.6. The Labute approximate surface area is 186 Å². The van der Waals surface area contributed by atoms with E-state index in [9.17, 15) is 9.59 Å². The van der Waals surface area contributed by atoms with Crippen molar-refractivity contribution in [1.29, 1.82) is 0 Å². The van der Waals surface area contributed by atoms with Gasteiger partial charge in [0, 0.05) is 37.2 Å². The first-order chi connectivity index (χ1) is 14.2. The van der Waals surface area contributed by atoms with E-state index >= 15 is 0 Å². The highest BCUT2D eigenvalue weighted by Crippen LogP contribution is 2.27. The van der Waals surface area contributed by atoms with Crippen molar-refractivity contribution >= 4 is 40.4 Å². The maximum absolute atomic E-state index is 12.8. The zero-order chi connectivity index (χ0) is 21.8. The van der Waals surface area contributed by atoms with Crippen molar-refractivity contribution in [3.8, 4) is 0 Å². The molecule has 3 rings (SSSR count). The summed E-state index contributed by atoms with van der Waals surface area (Å²) in [5.41, 5.74) is 6.81. The zero-order valence-electron chi connectivity index (χ0n) is 17.7. The summed E-state index contributed by atoms with van der Waals surface area (Å²) >= 11 is 7.60. The molecule has 162 valence electrons. The molecule has 1 atom stereocenters. The Morgan fingerprint density at radius 2 is 2.00 bits per heavy atom. The number of nitrogens with zero attached hydrogens (tertiary/aromatic N) is 4. The molecule has 0 aromatic carbocycles. The van der Waals surface area contributed by atoms with Gasteiger partial charge in [0.25, 0.3) is 0 Å². The third-order valence-electron chi connectivity index (χ3n) is 5.64. The highest BCUT2D eigenvalue weighted by molar-refractivity contribution is 7.13. The van der Waals surface area contributed by atoms with Crippen LogP contribution in [0.2, 0.25) is 5.15 Å². The standard InChI is InChI=1S/C21H28ClN5O2S/c1-12(10-17(28)18-11-24-14(3)30-18)21(29)27-8-6-15(7-9-27)4-5-16-19(22)25-13(2)26-20(16)23/h11-12,15H,4-10H2,1-3H3,(H2,23,25,26). The number of aryl methyl sites for hydroxylation is 2. The fourth-order valence-corrected chi connectivity index (χ4v) is 4.91. The van der Waals surface area contributed by atoms with E-state index in [2.05, 4.69) is 15.0 Å². The number of aromatic nitrogens is 3. The molecular formula is C21H28ClN5O2S. The van der Waals surface area contributed by atoms with E-state index < -0.39 is 0 Å². The Hall–Kier alpha value is -2.06. The molecule has 1 saturated heterocycles. The van der Waals surface area contributed by atoms with E-state index in [-0.39, 0.29) is 24.0 Å². The number of amides is 1. The number of thiazole rings is 1. The van der Waals surface area contributed by atoms with Crippen molar-refractivity contribution in [2.75, 3.05) is 18.8 Å². The van der Waals surface area contributed by atoms with Crippen molar-refractivity contribution in [3.63, 3.8) is 0 Å². The van der Waals surface area contributed by atoms with Gasteiger partial charge in [0.2, 0.25) is 5.91 Å². The van der Waals surface area contributed by atoms with Crippen molar-refractivity contribution in [2.45, 2.75) is 52.9 Å². The molecule has 0 bridgehead atoms. The Morgan fingerprint density at radius 1 is 1.30 bits per heavy atom. The van der Waals surface area contributed by atoms with Crippen LogP contribution in [0.25, 0.3) is 0 Å². The van der Waals surface area contributed by atoms with Crippen molar-refractivity contribution < 1.29 is 9.59 Å². The zero-order valence-corrected chi connectivity index (χ0v) is 19.2. The molecule has 3 heterocycles. The van der Waals surface area contributed by atoms with E-state index in [0.29, 0.717) is 27.6 Å². The van der Waals surface area contributed by atoms with Crippen LogP contribution in [0.5, 0.6) is 0 Å². The van der Waals surface area contributed by atoms with E-state index in [0.717, 1.165) is 49.3 Å². The van der Waals surface area contributed by atoms with Crippen molar-refractivity contribution in [2.24, 2.45) is 11.8 Å². The number of rotatable bonds is 7. The quantitative estimate of drug-likeness (QED) is 0.508. The fraction of sp³-hybridized carbons (Fsp3) is 0.571. The number of carbonyl (C=O) groups excluding carboxylic acids is 2. The molecule has 7 nitrogen and oxygen atoms in total. The highest BCUT2D eigenvalue weighted by Gasteiger charge is 2.28. The highest BCUT2D eigenvalue weighted by atomic mass is 35.5. The fourth-order valence-electron chi connectivity index (χ4n) is 3.87. The topological polar surface area (TPSA) is 102 Å². The molecule has 1 aliphatic rings. The predicted molar refractivity (Wildman–Crippen MR) is 119 cm³/mol. The van der Waals surface area contributed by atoms with E-state index in [1.54, 1.807) is 13.1 Å². The van der Waals surface area contributed by atoms with Crippen LogP contribution in [0.1, 0.15) is 58.7 Å². The van der Waals surface area contributed by atoms with Gasteiger partial charge >= 0.3 is 0 Å². The lowest BCUT2D eigenvalue weighted by molar-refractivity contribution is -0.136. The van der Waals surface area contributed by atoms with Gasteiger partial charge in [-0.2, -0.15) is 0 Å². The second-order valence-electron chi connectivity index (χ2n) is 8.00. The molecule has 1 fully saturated rings. The number of nitrogens with two attached hydrogens (primary N) is 1. The molecular weight excluding hydrogens is 422 g/mol. The monoisotopic (exact) mass is 449 g/mol. The Bertz CT molecular complexity index is 901. The summed E-state index contributed by atoms with van der Waals surface area (Å²) in [4.78, 5) is 40.2. The number of halogens is 1. The van der Waals surface area contributed by atoms with Gasteiger partial charge in [0.05, 0.1) is 9.88 Å². The number of anilines is 1. The van der Waals surface area contributed by atoms with Gasteiger partial charge in [0.1, 0.15) is 16.8 Å². The van der Waals surface area contributed by atoms with Gasteiger partial charge in [-0.1, -0.05) is 18.5 Å². The van der Waals surface area contributed by atoms with Crippen LogP contribution in [-0.2, 0) is 11.2 Å². The molecule has 30 heavy (non-hydrogen) atoms. The normalized spacial score (nSPS) is 15.9. The number of hydrogen-bond donors (Lipinski definition) is 1. The van der Waals surface area contributed by atoms with Crippen molar-refractivity contribution in [3.05, 3.63) is 32.6 Å². The van der Waals surface area contributed by atoms with E-state index in [1.165, 1.54) is 11.3 Å². The number of carbonyl (C=O) groups is 2. The second-order valence-corrected chi connectivity index (χ2v) is 9.60. The lowest BCUT2D eigenvalue weighted by atomic mass is 9.90. The first-order valence-corrected chi connectivity index (χ1v) is 11.5. The van der Waals surface area contributed by atoms with E-state index in [4.69, 9.17) is 17.3 Å². The molecule has 0 spiro atoms. The van der Waals surface area contributed by atoms with Gasteiger partial charge < -0.3 is 10.6 Å². The molecule has 0 aliphatic carbocycles. The summed E-state index contributed by atoms with van der Waals surface area (Å²) in [5, 5.41) is 1.29. The SMILES string of the molecule is Cc1nc(N)c(CCC2CCN(C(=O)C(C)CC(=O)c3cnc(C)s3)CC2)c(Cl)n1. The minimum Gasteiger partial charge on any atom is -0.383 e. The number of hydrogen-bond acceptors (Lipinski definition) is 7. The smallest absolute Gasteiger partial charge is 0.225 e. The van der Waals surface area contributed by atoms with Gasteiger partial charge in [-0.05, 0) is 45.4 Å². The molecule has 1 aliphatic heterocycles. The minimum absolute atomic E-state index is 0.00822. The molecule has 1 amide bonds. The average molecular weight is 450 g/mol. The third-order valence-corrected chi connectivity index (χ3v) is 6.90. The summed E-state index contributed by atoms with van der Waals surface area (Å²) in [6, 6.07) is 0.